The maximum Gasteiger partial charge on any atom is 0.0233 e. The summed E-state index contributed by atoms with van der Waals surface area (Å²) in [6.07, 6.45) is 3.92. The van der Waals surface area contributed by atoms with Gasteiger partial charge in [0.15, 0.2) is 0 Å². The van der Waals surface area contributed by atoms with Crippen molar-refractivity contribution in [1.82, 2.24) is 4.90 Å². The molecule has 128 valence electrons. The SMILES string of the molecule is CC(C)(C)c1ccc(C[C@@H]2CCCN(Cc3ccccc3)C2)cc1. The second kappa shape index (κ2) is 7.53. The lowest BCUT2D eigenvalue weighted by molar-refractivity contribution is 0.167. The molecule has 1 nitrogen and oxygen atoms in total. The van der Waals surface area contributed by atoms with Crippen molar-refractivity contribution >= 4 is 0 Å². The van der Waals surface area contributed by atoms with Crippen molar-refractivity contribution in [3.8, 4) is 0 Å². The molecule has 1 aliphatic rings. The topological polar surface area (TPSA) is 3.24 Å². The van der Waals surface area contributed by atoms with Gasteiger partial charge in [-0.15, -0.1) is 0 Å². The molecule has 2 aromatic carbocycles. The van der Waals surface area contributed by atoms with E-state index < -0.39 is 0 Å². The first-order valence-corrected chi connectivity index (χ1v) is 9.36. The second-order valence-corrected chi connectivity index (χ2v) is 8.38. The van der Waals surface area contributed by atoms with Gasteiger partial charge in [0.25, 0.3) is 0 Å². The molecule has 0 radical (unpaired) electrons. The number of nitrogens with zero attached hydrogens (tertiary/aromatic N) is 1. The summed E-state index contributed by atoms with van der Waals surface area (Å²) in [4.78, 5) is 2.63. The standard InChI is InChI=1S/C23H31N/c1-23(2,3)22-13-11-19(12-14-22)16-21-10-7-15-24(18-21)17-20-8-5-4-6-9-20/h4-6,8-9,11-14,21H,7,10,15-18H2,1-3H3/t21-/m0/s1. The van der Waals surface area contributed by atoms with Crippen LogP contribution in [-0.4, -0.2) is 18.0 Å². The average molecular weight is 322 g/mol. The molecule has 1 heterocycles. The van der Waals surface area contributed by atoms with Crippen LogP contribution in [0.5, 0.6) is 0 Å². The Bertz CT molecular complexity index is 621. The Hall–Kier alpha value is -1.60. The van der Waals surface area contributed by atoms with Gasteiger partial charge < -0.3 is 0 Å². The van der Waals surface area contributed by atoms with Crippen molar-refractivity contribution in [2.45, 2.75) is 52.0 Å². The molecule has 1 atom stereocenters. The molecule has 1 fully saturated rings. The Kier molecular flexibility index (Phi) is 5.40. The molecule has 0 saturated carbocycles. The maximum atomic E-state index is 2.63. The van der Waals surface area contributed by atoms with E-state index in [9.17, 15) is 0 Å². The summed E-state index contributed by atoms with van der Waals surface area (Å²) < 4.78 is 0. The summed E-state index contributed by atoms with van der Waals surface area (Å²) in [7, 11) is 0. The highest BCUT2D eigenvalue weighted by Gasteiger charge is 2.20. The number of likely N-dealkylation sites (tertiary alicyclic amines) is 1. The van der Waals surface area contributed by atoms with E-state index in [0.29, 0.717) is 0 Å². The quantitative estimate of drug-likeness (QED) is 0.725. The van der Waals surface area contributed by atoms with Crippen LogP contribution in [0.1, 0.15) is 50.3 Å². The van der Waals surface area contributed by atoms with E-state index in [1.807, 2.05) is 0 Å². The molecule has 0 N–H and O–H groups in total. The number of piperidine rings is 1. The van der Waals surface area contributed by atoms with Gasteiger partial charge in [-0.3, -0.25) is 4.90 Å². The van der Waals surface area contributed by atoms with Crippen LogP contribution in [0.4, 0.5) is 0 Å². The Morgan fingerprint density at radius 3 is 2.29 bits per heavy atom. The summed E-state index contributed by atoms with van der Waals surface area (Å²) in [5.41, 5.74) is 4.61. The van der Waals surface area contributed by atoms with Crippen LogP contribution in [0.2, 0.25) is 0 Å². The molecule has 0 unspecified atom stereocenters. The first kappa shape index (κ1) is 17.2. The van der Waals surface area contributed by atoms with Crippen LogP contribution in [0.3, 0.4) is 0 Å². The zero-order valence-electron chi connectivity index (χ0n) is 15.5. The fraction of sp³-hybridized carbons (Fsp3) is 0.478. The number of hydrogen-bond acceptors (Lipinski definition) is 1. The zero-order chi connectivity index (χ0) is 17.0. The summed E-state index contributed by atoms with van der Waals surface area (Å²) in [6, 6.07) is 20.2. The third-order valence-corrected chi connectivity index (χ3v) is 5.20. The van der Waals surface area contributed by atoms with Crippen LogP contribution < -0.4 is 0 Å². The number of hydrogen-bond donors (Lipinski definition) is 0. The third-order valence-electron chi connectivity index (χ3n) is 5.20. The number of rotatable bonds is 4. The van der Waals surface area contributed by atoms with Crippen LogP contribution in [0.25, 0.3) is 0 Å². The van der Waals surface area contributed by atoms with Gasteiger partial charge in [-0.05, 0) is 53.8 Å². The van der Waals surface area contributed by atoms with Gasteiger partial charge in [-0.1, -0.05) is 75.4 Å². The Morgan fingerprint density at radius 2 is 1.62 bits per heavy atom. The van der Waals surface area contributed by atoms with Crippen molar-refractivity contribution in [3.05, 3.63) is 71.3 Å². The van der Waals surface area contributed by atoms with E-state index in [2.05, 4.69) is 80.3 Å². The van der Waals surface area contributed by atoms with Gasteiger partial charge in [0.05, 0.1) is 0 Å². The molecule has 0 spiro atoms. The van der Waals surface area contributed by atoms with Crippen molar-refractivity contribution in [3.63, 3.8) is 0 Å². The van der Waals surface area contributed by atoms with Gasteiger partial charge in [-0.25, -0.2) is 0 Å². The summed E-state index contributed by atoms with van der Waals surface area (Å²) in [6.45, 7) is 10.4. The maximum absolute atomic E-state index is 2.63. The highest BCUT2D eigenvalue weighted by atomic mass is 15.1. The highest BCUT2D eigenvalue weighted by molar-refractivity contribution is 5.27. The molecule has 3 rings (SSSR count). The van der Waals surface area contributed by atoms with Crippen LogP contribution in [0.15, 0.2) is 54.6 Å². The Morgan fingerprint density at radius 1 is 0.917 bits per heavy atom. The molecule has 1 aliphatic heterocycles. The summed E-state index contributed by atoms with van der Waals surface area (Å²) >= 11 is 0. The normalized spacial score (nSPS) is 19.4. The lowest BCUT2D eigenvalue weighted by Gasteiger charge is -2.33. The lowest BCUT2D eigenvalue weighted by atomic mass is 9.85. The zero-order valence-corrected chi connectivity index (χ0v) is 15.5. The average Bonchev–Trinajstić information content (AvgIpc) is 2.56. The van der Waals surface area contributed by atoms with E-state index in [0.717, 1.165) is 12.5 Å². The van der Waals surface area contributed by atoms with Gasteiger partial charge in [0.1, 0.15) is 0 Å². The summed E-state index contributed by atoms with van der Waals surface area (Å²) in [5, 5.41) is 0. The highest BCUT2D eigenvalue weighted by Crippen LogP contribution is 2.25. The summed E-state index contributed by atoms with van der Waals surface area (Å²) in [5.74, 6) is 0.794. The van der Waals surface area contributed by atoms with Crippen LogP contribution in [-0.2, 0) is 18.4 Å². The Labute approximate surface area is 147 Å². The lowest BCUT2D eigenvalue weighted by Crippen LogP contribution is -2.35. The minimum Gasteiger partial charge on any atom is -0.299 e. The van der Waals surface area contributed by atoms with E-state index >= 15 is 0 Å². The van der Waals surface area contributed by atoms with Crippen LogP contribution in [0, 0.1) is 5.92 Å². The molecule has 0 bridgehead atoms. The second-order valence-electron chi connectivity index (χ2n) is 8.38. The van der Waals surface area contributed by atoms with Crippen molar-refractivity contribution in [2.24, 2.45) is 5.92 Å². The molecular formula is C23H31N. The molecule has 1 saturated heterocycles. The van der Waals surface area contributed by atoms with Crippen LogP contribution >= 0.6 is 0 Å². The van der Waals surface area contributed by atoms with E-state index in [4.69, 9.17) is 0 Å². The predicted octanol–water partition coefficient (Wildman–Crippen LogP) is 5.44. The molecule has 2 aromatic rings. The van der Waals surface area contributed by atoms with E-state index in [1.54, 1.807) is 0 Å². The van der Waals surface area contributed by atoms with Crippen molar-refractivity contribution in [2.75, 3.05) is 13.1 Å². The van der Waals surface area contributed by atoms with Gasteiger partial charge in [-0.2, -0.15) is 0 Å². The fourth-order valence-corrected chi connectivity index (χ4v) is 3.78. The molecular weight excluding hydrogens is 290 g/mol. The molecule has 1 heteroatoms. The number of benzene rings is 2. The fourth-order valence-electron chi connectivity index (χ4n) is 3.78. The third kappa shape index (κ3) is 4.70. The monoisotopic (exact) mass is 321 g/mol. The predicted molar refractivity (Wildman–Crippen MR) is 103 cm³/mol. The van der Waals surface area contributed by atoms with E-state index in [-0.39, 0.29) is 5.41 Å². The minimum atomic E-state index is 0.246. The van der Waals surface area contributed by atoms with Gasteiger partial charge >= 0.3 is 0 Å². The first-order valence-electron chi connectivity index (χ1n) is 9.36. The van der Waals surface area contributed by atoms with Gasteiger partial charge in [0, 0.05) is 13.1 Å². The molecule has 0 amide bonds. The molecule has 0 aromatic heterocycles. The largest absolute Gasteiger partial charge is 0.299 e. The smallest absolute Gasteiger partial charge is 0.0233 e. The molecule has 24 heavy (non-hydrogen) atoms. The van der Waals surface area contributed by atoms with Crippen molar-refractivity contribution in [1.29, 1.82) is 0 Å². The Balaban J connectivity index is 1.57. The van der Waals surface area contributed by atoms with Gasteiger partial charge in [0.2, 0.25) is 0 Å². The van der Waals surface area contributed by atoms with E-state index in [1.165, 1.54) is 49.0 Å². The van der Waals surface area contributed by atoms with Crippen molar-refractivity contribution < 1.29 is 0 Å². The minimum absolute atomic E-state index is 0.246. The first-order chi connectivity index (χ1) is 11.5. The molecule has 0 aliphatic carbocycles.